The third-order valence-electron chi connectivity index (χ3n) is 5.77. The zero-order valence-electron chi connectivity index (χ0n) is 14.3. The molecule has 23 heavy (non-hydrogen) atoms. The van der Waals surface area contributed by atoms with Gasteiger partial charge in [0.1, 0.15) is 5.82 Å². The summed E-state index contributed by atoms with van der Waals surface area (Å²) in [5.74, 6) is 2.41. The number of hydrogen-bond acceptors (Lipinski definition) is 0. The Labute approximate surface area is 140 Å². The summed E-state index contributed by atoms with van der Waals surface area (Å²) in [5.41, 5.74) is 2.38. The van der Waals surface area contributed by atoms with Gasteiger partial charge in [-0.15, -0.1) is 0 Å². The quantitative estimate of drug-likeness (QED) is 0.562. The summed E-state index contributed by atoms with van der Waals surface area (Å²) in [5, 5.41) is 0. The van der Waals surface area contributed by atoms with Gasteiger partial charge in [0, 0.05) is 0 Å². The maximum absolute atomic E-state index is 13.0. The molecule has 3 rings (SSSR count). The highest BCUT2D eigenvalue weighted by molar-refractivity contribution is 5.74. The van der Waals surface area contributed by atoms with Gasteiger partial charge in [-0.2, -0.15) is 0 Å². The minimum absolute atomic E-state index is 0.160. The lowest BCUT2D eigenvalue weighted by Gasteiger charge is -2.33. The molecular formula is C22H29F. The van der Waals surface area contributed by atoms with Crippen molar-refractivity contribution in [2.24, 2.45) is 17.8 Å². The largest absolute Gasteiger partial charge is 0.207 e. The van der Waals surface area contributed by atoms with Crippen LogP contribution in [0, 0.1) is 23.6 Å². The molecule has 0 radical (unpaired) electrons. The number of benzene rings is 1. The Kier molecular flexibility index (Phi) is 5.70. The molecule has 1 unspecified atom stereocenters. The Bertz CT molecular complexity index is 544. The van der Waals surface area contributed by atoms with Crippen LogP contribution in [0.15, 0.2) is 42.5 Å². The first kappa shape index (κ1) is 16.5. The lowest BCUT2D eigenvalue weighted by Crippen LogP contribution is -2.21. The maximum Gasteiger partial charge on any atom is 0.123 e. The third-order valence-corrected chi connectivity index (χ3v) is 5.77. The van der Waals surface area contributed by atoms with Gasteiger partial charge < -0.3 is 0 Å². The smallest absolute Gasteiger partial charge is 0.123 e. The molecule has 0 bridgehead atoms. The minimum atomic E-state index is -0.160. The second-order valence-corrected chi connectivity index (χ2v) is 7.35. The molecule has 2 aliphatic rings. The van der Waals surface area contributed by atoms with Crippen molar-refractivity contribution in [3.63, 3.8) is 0 Å². The zero-order chi connectivity index (χ0) is 16.1. The van der Waals surface area contributed by atoms with Crippen LogP contribution < -0.4 is 0 Å². The van der Waals surface area contributed by atoms with Gasteiger partial charge in [-0.25, -0.2) is 4.39 Å². The molecule has 1 fully saturated rings. The summed E-state index contributed by atoms with van der Waals surface area (Å²) in [6.07, 6.45) is 18.0. The molecule has 1 saturated carbocycles. The highest BCUT2D eigenvalue weighted by atomic mass is 19.1. The molecule has 0 nitrogen and oxygen atoms in total. The van der Waals surface area contributed by atoms with Crippen LogP contribution in [0.5, 0.6) is 0 Å². The summed E-state index contributed by atoms with van der Waals surface area (Å²) < 4.78 is 13.0. The standard InChI is InChI=1S/C22H29F/c1-2-3-4-17-5-7-18(8-6-17)19-9-11-20(12-10-19)21-13-15-22(23)16-14-21/h9,11-19H,2-8,10H2,1H3. The Morgan fingerprint density at radius 1 is 1.04 bits per heavy atom. The van der Waals surface area contributed by atoms with Crippen LogP contribution in [0.2, 0.25) is 0 Å². The van der Waals surface area contributed by atoms with E-state index < -0.39 is 0 Å². The van der Waals surface area contributed by atoms with E-state index >= 15 is 0 Å². The minimum Gasteiger partial charge on any atom is -0.207 e. The molecule has 0 spiro atoms. The van der Waals surface area contributed by atoms with Crippen LogP contribution in [0.1, 0.15) is 63.9 Å². The molecule has 1 atom stereocenters. The number of allylic oxidation sites excluding steroid dienone is 4. The molecule has 1 aromatic rings. The van der Waals surface area contributed by atoms with Crippen LogP contribution >= 0.6 is 0 Å². The third kappa shape index (κ3) is 4.34. The van der Waals surface area contributed by atoms with E-state index in [1.165, 1.54) is 50.5 Å². The van der Waals surface area contributed by atoms with E-state index in [4.69, 9.17) is 0 Å². The van der Waals surface area contributed by atoms with Crippen LogP contribution in [-0.2, 0) is 0 Å². The summed E-state index contributed by atoms with van der Waals surface area (Å²) in [4.78, 5) is 0. The molecule has 1 aromatic carbocycles. The summed E-state index contributed by atoms with van der Waals surface area (Å²) in [6, 6.07) is 6.86. The maximum atomic E-state index is 13.0. The fraction of sp³-hybridized carbons (Fsp3) is 0.545. The molecule has 0 saturated heterocycles. The molecule has 0 aromatic heterocycles. The highest BCUT2D eigenvalue weighted by Gasteiger charge is 2.26. The van der Waals surface area contributed by atoms with Gasteiger partial charge in [0.15, 0.2) is 0 Å². The SMILES string of the molecule is CCCCC1CCC(C2C=CC(c3ccc(F)cc3)=CC2)CC1. The Morgan fingerprint density at radius 3 is 2.39 bits per heavy atom. The molecular weight excluding hydrogens is 283 g/mol. The van der Waals surface area contributed by atoms with Crippen LogP contribution in [0.3, 0.4) is 0 Å². The van der Waals surface area contributed by atoms with Crippen LogP contribution in [-0.4, -0.2) is 0 Å². The first-order valence-corrected chi connectivity index (χ1v) is 9.40. The fourth-order valence-electron chi connectivity index (χ4n) is 4.24. The van der Waals surface area contributed by atoms with Crippen LogP contribution in [0.25, 0.3) is 5.57 Å². The van der Waals surface area contributed by atoms with Crippen molar-refractivity contribution in [1.29, 1.82) is 0 Å². The van der Waals surface area contributed by atoms with Crippen molar-refractivity contribution in [3.05, 3.63) is 53.9 Å². The molecule has 2 aliphatic carbocycles. The topological polar surface area (TPSA) is 0 Å². The van der Waals surface area contributed by atoms with Gasteiger partial charge in [0.2, 0.25) is 0 Å². The molecule has 124 valence electrons. The Hall–Kier alpha value is -1.37. The van der Waals surface area contributed by atoms with Crippen LogP contribution in [0.4, 0.5) is 4.39 Å². The Morgan fingerprint density at radius 2 is 1.78 bits per heavy atom. The van der Waals surface area contributed by atoms with E-state index in [9.17, 15) is 4.39 Å². The second-order valence-electron chi connectivity index (χ2n) is 7.35. The number of halogens is 1. The first-order valence-electron chi connectivity index (χ1n) is 9.40. The molecule has 0 aliphatic heterocycles. The van der Waals surface area contributed by atoms with Gasteiger partial charge in [0.25, 0.3) is 0 Å². The van der Waals surface area contributed by atoms with E-state index in [0.717, 1.165) is 23.8 Å². The number of rotatable bonds is 5. The molecule has 0 N–H and O–H groups in total. The van der Waals surface area contributed by atoms with Crippen molar-refractivity contribution in [2.45, 2.75) is 58.3 Å². The predicted molar refractivity (Wildman–Crippen MR) is 96.6 cm³/mol. The average molecular weight is 312 g/mol. The van der Waals surface area contributed by atoms with E-state index in [1.807, 2.05) is 12.1 Å². The normalized spacial score (nSPS) is 27.7. The van der Waals surface area contributed by atoms with Crippen molar-refractivity contribution in [1.82, 2.24) is 0 Å². The second kappa shape index (κ2) is 7.95. The van der Waals surface area contributed by atoms with Crippen molar-refractivity contribution >= 4 is 5.57 Å². The van der Waals surface area contributed by atoms with Gasteiger partial charge in [0.05, 0.1) is 0 Å². The van der Waals surface area contributed by atoms with Gasteiger partial charge in [-0.3, -0.25) is 0 Å². The first-order chi connectivity index (χ1) is 11.3. The van der Waals surface area contributed by atoms with E-state index in [1.54, 1.807) is 12.1 Å². The van der Waals surface area contributed by atoms with E-state index in [0.29, 0.717) is 5.92 Å². The number of hydrogen-bond donors (Lipinski definition) is 0. The average Bonchev–Trinajstić information content (AvgIpc) is 2.61. The summed E-state index contributed by atoms with van der Waals surface area (Å²) >= 11 is 0. The van der Waals surface area contributed by atoms with Crippen molar-refractivity contribution < 1.29 is 4.39 Å². The lowest BCUT2D eigenvalue weighted by molar-refractivity contribution is 0.219. The zero-order valence-corrected chi connectivity index (χ0v) is 14.3. The van der Waals surface area contributed by atoms with Gasteiger partial charge in [-0.1, -0.05) is 69.4 Å². The van der Waals surface area contributed by atoms with Gasteiger partial charge in [-0.05, 0) is 60.3 Å². The monoisotopic (exact) mass is 312 g/mol. The molecule has 0 heterocycles. The van der Waals surface area contributed by atoms with E-state index in [2.05, 4.69) is 25.2 Å². The Balaban J connectivity index is 1.51. The molecule has 1 heteroatoms. The summed E-state index contributed by atoms with van der Waals surface area (Å²) in [7, 11) is 0. The molecule has 0 amide bonds. The number of unbranched alkanes of at least 4 members (excludes halogenated alkanes) is 1. The van der Waals surface area contributed by atoms with E-state index in [-0.39, 0.29) is 5.82 Å². The van der Waals surface area contributed by atoms with Gasteiger partial charge >= 0.3 is 0 Å². The fourth-order valence-corrected chi connectivity index (χ4v) is 4.24. The lowest BCUT2D eigenvalue weighted by atomic mass is 9.72. The highest BCUT2D eigenvalue weighted by Crippen LogP contribution is 2.39. The van der Waals surface area contributed by atoms with Crippen molar-refractivity contribution in [2.75, 3.05) is 0 Å². The summed E-state index contributed by atoms with van der Waals surface area (Å²) in [6.45, 7) is 2.30. The van der Waals surface area contributed by atoms with Crippen molar-refractivity contribution in [3.8, 4) is 0 Å². The predicted octanol–water partition coefficient (Wildman–Crippen LogP) is 6.78.